The molecule has 3 heterocycles. The number of ether oxygens (including phenoxy) is 2. The Morgan fingerprint density at radius 2 is 1.72 bits per heavy atom. The van der Waals surface area contributed by atoms with E-state index in [1.165, 1.54) is 5.69 Å². The Labute approximate surface area is 226 Å². The van der Waals surface area contributed by atoms with Crippen LogP contribution in [0.2, 0.25) is 0 Å². The predicted molar refractivity (Wildman–Crippen MR) is 151 cm³/mol. The van der Waals surface area contributed by atoms with Crippen LogP contribution >= 0.6 is 0 Å². The second kappa shape index (κ2) is 10.3. The van der Waals surface area contributed by atoms with E-state index < -0.39 is 5.91 Å². The Kier molecular flexibility index (Phi) is 6.50. The number of imidazole rings is 2. The van der Waals surface area contributed by atoms with E-state index in [0.717, 1.165) is 71.5 Å². The van der Waals surface area contributed by atoms with Crippen molar-refractivity contribution in [3.05, 3.63) is 89.5 Å². The van der Waals surface area contributed by atoms with E-state index in [1.807, 2.05) is 54.0 Å². The van der Waals surface area contributed by atoms with Crippen molar-refractivity contribution in [2.24, 2.45) is 5.73 Å². The van der Waals surface area contributed by atoms with Gasteiger partial charge in [0.1, 0.15) is 23.1 Å². The van der Waals surface area contributed by atoms with Gasteiger partial charge < -0.3 is 25.1 Å². The molecule has 39 heavy (non-hydrogen) atoms. The molecular formula is C30H30N6O3. The van der Waals surface area contributed by atoms with Crippen LogP contribution in [0.3, 0.4) is 0 Å². The molecule has 3 aromatic carbocycles. The molecule has 0 unspecified atom stereocenters. The van der Waals surface area contributed by atoms with Gasteiger partial charge in [0.05, 0.1) is 37.1 Å². The normalized spacial score (nSPS) is 13.6. The lowest BCUT2D eigenvalue weighted by Gasteiger charge is -2.28. The third-order valence-corrected chi connectivity index (χ3v) is 7.17. The first kappa shape index (κ1) is 24.7. The zero-order chi connectivity index (χ0) is 26.9. The number of rotatable bonds is 7. The number of anilines is 1. The van der Waals surface area contributed by atoms with Gasteiger partial charge in [-0.15, -0.1) is 0 Å². The third kappa shape index (κ3) is 4.84. The summed E-state index contributed by atoms with van der Waals surface area (Å²) >= 11 is 0. The number of morpholine rings is 1. The lowest BCUT2D eigenvalue weighted by atomic mass is 10.1. The van der Waals surface area contributed by atoms with Gasteiger partial charge >= 0.3 is 0 Å². The van der Waals surface area contributed by atoms with Gasteiger partial charge in [-0.05, 0) is 67.1 Å². The second-order valence-corrected chi connectivity index (χ2v) is 9.62. The first-order valence-corrected chi connectivity index (χ1v) is 12.9. The van der Waals surface area contributed by atoms with Gasteiger partial charge in [-0.3, -0.25) is 9.36 Å². The van der Waals surface area contributed by atoms with Gasteiger partial charge in [0.15, 0.2) is 0 Å². The molecule has 6 rings (SSSR count). The van der Waals surface area contributed by atoms with Crippen LogP contribution in [0.5, 0.6) is 5.75 Å². The molecule has 0 radical (unpaired) electrons. The SMILES string of the molecule is COc1ccc(Cc2nc(C(N)=O)c(C)n2-c2ccc3nc(-c4ccc(N5CCOCC5)cc4)[nH]c3c2)cc1. The number of methoxy groups -OCH3 is 1. The summed E-state index contributed by atoms with van der Waals surface area (Å²) in [4.78, 5) is 27.4. The minimum Gasteiger partial charge on any atom is -0.497 e. The summed E-state index contributed by atoms with van der Waals surface area (Å²) in [5, 5.41) is 0. The number of H-pyrrole nitrogens is 1. The molecule has 2 aromatic heterocycles. The lowest BCUT2D eigenvalue weighted by molar-refractivity contribution is 0.0995. The molecule has 5 aromatic rings. The summed E-state index contributed by atoms with van der Waals surface area (Å²) in [6.07, 6.45) is 0.528. The topological polar surface area (TPSA) is 111 Å². The zero-order valence-electron chi connectivity index (χ0n) is 22.0. The fourth-order valence-corrected chi connectivity index (χ4v) is 5.11. The van der Waals surface area contributed by atoms with Crippen LogP contribution in [-0.2, 0) is 11.2 Å². The molecule has 1 saturated heterocycles. The average Bonchev–Trinajstić information content (AvgIpc) is 3.54. The van der Waals surface area contributed by atoms with Crippen LogP contribution in [0.4, 0.5) is 5.69 Å². The highest BCUT2D eigenvalue weighted by Gasteiger charge is 2.20. The molecule has 9 nitrogen and oxygen atoms in total. The van der Waals surface area contributed by atoms with Crippen LogP contribution in [0.1, 0.15) is 27.6 Å². The Morgan fingerprint density at radius 1 is 1.00 bits per heavy atom. The third-order valence-electron chi connectivity index (χ3n) is 7.17. The highest BCUT2D eigenvalue weighted by Crippen LogP contribution is 2.27. The van der Waals surface area contributed by atoms with Gasteiger partial charge in [-0.25, -0.2) is 9.97 Å². The van der Waals surface area contributed by atoms with Crippen LogP contribution in [-0.4, -0.2) is 58.8 Å². The molecule has 1 fully saturated rings. The monoisotopic (exact) mass is 522 g/mol. The first-order chi connectivity index (χ1) is 19.0. The fourth-order valence-electron chi connectivity index (χ4n) is 5.11. The number of nitrogens with zero attached hydrogens (tertiary/aromatic N) is 4. The number of aromatic amines is 1. The first-order valence-electron chi connectivity index (χ1n) is 12.9. The summed E-state index contributed by atoms with van der Waals surface area (Å²) < 4.78 is 12.7. The number of fused-ring (bicyclic) bond motifs is 1. The van der Waals surface area contributed by atoms with Crippen molar-refractivity contribution < 1.29 is 14.3 Å². The maximum atomic E-state index is 12.2. The van der Waals surface area contributed by atoms with Crippen LogP contribution in [0.25, 0.3) is 28.1 Å². The zero-order valence-corrected chi connectivity index (χ0v) is 22.0. The van der Waals surface area contributed by atoms with Gasteiger partial charge in [-0.1, -0.05) is 12.1 Å². The number of nitrogens with one attached hydrogen (secondary N) is 1. The molecule has 9 heteroatoms. The van der Waals surface area contributed by atoms with Gasteiger partial charge in [0.2, 0.25) is 0 Å². The van der Waals surface area contributed by atoms with E-state index in [-0.39, 0.29) is 5.69 Å². The number of amides is 1. The van der Waals surface area contributed by atoms with Crippen molar-refractivity contribution in [2.45, 2.75) is 13.3 Å². The van der Waals surface area contributed by atoms with Gasteiger partial charge in [-0.2, -0.15) is 0 Å². The van der Waals surface area contributed by atoms with E-state index in [4.69, 9.17) is 20.2 Å². The number of carbonyl (C=O) groups excluding carboxylic acids is 1. The molecule has 1 aliphatic rings. The van der Waals surface area contributed by atoms with E-state index in [2.05, 4.69) is 39.1 Å². The second-order valence-electron chi connectivity index (χ2n) is 9.62. The van der Waals surface area contributed by atoms with Gasteiger partial charge in [0, 0.05) is 36.4 Å². The molecule has 1 amide bonds. The van der Waals surface area contributed by atoms with Crippen molar-refractivity contribution in [3.8, 4) is 22.8 Å². The molecule has 0 aliphatic carbocycles. The fraction of sp³-hybridized carbons (Fsp3) is 0.233. The molecule has 1 aliphatic heterocycles. The van der Waals surface area contributed by atoms with Gasteiger partial charge in [0.25, 0.3) is 5.91 Å². The summed E-state index contributed by atoms with van der Waals surface area (Å²) in [5.74, 6) is 1.76. The summed E-state index contributed by atoms with van der Waals surface area (Å²) in [7, 11) is 1.64. The molecule has 0 atom stereocenters. The largest absolute Gasteiger partial charge is 0.497 e. The molecule has 3 N–H and O–H groups in total. The number of benzene rings is 3. The summed E-state index contributed by atoms with van der Waals surface area (Å²) in [5.41, 5.74) is 12.5. The highest BCUT2D eigenvalue weighted by molar-refractivity contribution is 5.92. The quantitative estimate of drug-likeness (QED) is 0.330. The van der Waals surface area contributed by atoms with Crippen LogP contribution in [0, 0.1) is 6.92 Å². The Hall–Kier alpha value is -4.63. The van der Waals surface area contributed by atoms with E-state index in [0.29, 0.717) is 12.1 Å². The van der Waals surface area contributed by atoms with Crippen molar-refractivity contribution in [1.29, 1.82) is 0 Å². The maximum absolute atomic E-state index is 12.2. The molecule has 198 valence electrons. The molecule has 0 bridgehead atoms. The Morgan fingerprint density at radius 3 is 2.41 bits per heavy atom. The summed E-state index contributed by atoms with van der Waals surface area (Å²) in [6.45, 7) is 5.18. The smallest absolute Gasteiger partial charge is 0.269 e. The maximum Gasteiger partial charge on any atom is 0.269 e. The number of primary amides is 1. The Balaban J connectivity index is 1.33. The predicted octanol–water partition coefficient (Wildman–Crippen LogP) is 4.26. The number of carbonyl (C=O) groups is 1. The molecule has 0 saturated carbocycles. The standard InChI is InChI=1S/C30H30N6O3/c1-19-28(29(31)37)34-27(17-20-3-10-24(38-2)11-4-20)36(19)23-9-12-25-26(18-23)33-30(32-25)21-5-7-22(8-6-21)35-13-15-39-16-14-35/h3-12,18H,13-17H2,1-2H3,(H2,31,37)(H,32,33). The van der Waals surface area contributed by atoms with Crippen molar-refractivity contribution in [3.63, 3.8) is 0 Å². The molecular weight excluding hydrogens is 492 g/mol. The number of hydrogen-bond donors (Lipinski definition) is 2. The summed E-state index contributed by atoms with van der Waals surface area (Å²) in [6, 6.07) is 22.3. The van der Waals surface area contributed by atoms with Crippen LogP contribution in [0.15, 0.2) is 66.7 Å². The minimum atomic E-state index is -0.548. The van der Waals surface area contributed by atoms with E-state index in [9.17, 15) is 4.79 Å². The van der Waals surface area contributed by atoms with E-state index in [1.54, 1.807) is 7.11 Å². The van der Waals surface area contributed by atoms with Crippen LogP contribution < -0.4 is 15.4 Å². The minimum absolute atomic E-state index is 0.268. The average molecular weight is 523 g/mol. The highest BCUT2D eigenvalue weighted by atomic mass is 16.5. The molecule has 0 spiro atoms. The van der Waals surface area contributed by atoms with E-state index >= 15 is 0 Å². The van der Waals surface area contributed by atoms with Crippen molar-refractivity contribution in [2.75, 3.05) is 38.3 Å². The van der Waals surface area contributed by atoms with Crippen molar-refractivity contribution >= 4 is 22.6 Å². The number of aromatic nitrogens is 4. The Bertz CT molecular complexity index is 1630. The number of nitrogens with two attached hydrogens (primary N) is 1. The lowest BCUT2D eigenvalue weighted by Crippen LogP contribution is -2.36. The number of hydrogen-bond acceptors (Lipinski definition) is 6. The van der Waals surface area contributed by atoms with Crippen molar-refractivity contribution in [1.82, 2.24) is 19.5 Å².